The fourth-order valence-corrected chi connectivity index (χ4v) is 3.13. The third-order valence-electron chi connectivity index (χ3n) is 4.76. The summed E-state index contributed by atoms with van der Waals surface area (Å²) in [7, 11) is 0. The Balaban J connectivity index is 1.48. The van der Waals surface area contributed by atoms with E-state index in [2.05, 4.69) is 9.88 Å². The molecule has 7 heteroatoms. The maximum atomic E-state index is 13.8. The van der Waals surface area contributed by atoms with E-state index in [9.17, 15) is 9.18 Å². The summed E-state index contributed by atoms with van der Waals surface area (Å²) in [5.74, 6) is 0.327. The number of carbonyl (C=O) groups is 1. The van der Waals surface area contributed by atoms with Crippen LogP contribution in [0.15, 0.2) is 24.5 Å². The molecule has 1 saturated heterocycles. The summed E-state index contributed by atoms with van der Waals surface area (Å²) in [6.45, 7) is 6.90. The number of fused-ring (bicyclic) bond motifs is 1. The molecular weight excluding hydrogens is 337 g/mol. The lowest BCUT2D eigenvalue weighted by molar-refractivity contribution is 0.0518. The minimum Gasteiger partial charge on any atom is -0.493 e. The van der Waals surface area contributed by atoms with Gasteiger partial charge < -0.3 is 14.4 Å². The van der Waals surface area contributed by atoms with E-state index in [-0.39, 0.29) is 5.97 Å². The van der Waals surface area contributed by atoms with E-state index in [1.165, 1.54) is 6.20 Å². The SMILES string of the molecule is CCOC(=O)c1cnc2cc(OCCCN3CCC(C)(F)CC3)ccn12. The molecule has 3 heterocycles. The molecule has 1 aliphatic heterocycles. The molecule has 0 amide bonds. The molecule has 3 rings (SSSR count). The standard InChI is InChI=1S/C19H26FN3O3/c1-3-25-18(24)16-14-21-17-13-15(5-9-23(16)17)26-12-4-8-22-10-6-19(2,20)7-11-22/h5,9,13-14H,3-4,6-8,10-12H2,1-2H3. The predicted octanol–water partition coefficient (Wildman–Crippen LogP) is 3.10. The molecule has 1 fully saturated rings. The van der Waals surface area contributed by atoms with Gasteiger partial charge in [-0.05, 0) is 39.2 Å². The maximum Gasteiger partial charge on any atom is 0.356 e. The highest BCUT2D eigenvalue weighted by Crippen LogP contribution is 2.25. The van der Waals surface area contributed by atoms with Crippen LogP contribution in [0.1, 0.15) is 43.6 Å². The number of rotatable bonds is 7. The van der Waals surface area contributed by atoms with E-state index in [1.54, 1.807) is 30.5 Å². The van der Waals surface area contributed by atoms with Gasteiger partial charge in [-0.1, -0.05) is 0 Å². The van der Waals surface area contributed by atoms with Gasteiger partial charge in [0.25, 0.3) is 0 Å². The van der Waals surface area contributed by atoms with Gasteiger partial charge >= 0.3 is 5.97 Å². The normalized spacial score (nSPS) is 17.3. The Kier molecular flexibility index (Phi) is 5.76. The number of pyridine rings is 1. The van der Waals surface area contributed by atoms with Crippen LogP contribution in [0, 0.1) is 0 Å². The minimum atomic E-state index is -1.00. The number of carbonyl (C=O) groups excluding carboxylic acids is 1. The maximum absolute atomic E-state index is 13.8. The zero-order valence-electron chi connectivity index (χ0n) is 15.4. The number of alkyl halides is 1. The topological polar surface area (TPSA) is 56.1 Å². The van der Waals surface area contributed by atoms with Crippen molar-refractivity contribution in [3.63, 3.8) is 0 Å². The number of nitrogens with zero attached hydrogens (tertiary/aromatic N) is 3. The van der Waals surface area contributed by atoms with E-state index < -0.39 is 5.67 Å². The van der Waals surface area contributed by atoms with Gasteiger partial charge in [0.05, 0.1) is 19.4 Å². The highest BCUT2D eigenvalue weighted by atomic mass is 19.1. The fourth-order valence-electron chi connectivity index (χ4n) is 3.13. The first-order valence-electron chi connectivity index (χ1n) is 9.17. The smallest absolute Gasteiger partial charge is 0.356 e. The van der Waals surface area contributed by atoms with Crippen LogP contribution < -0.4 is 4.74 Å². The quantitative estimate of drug-likeness (QED) is 0.559. The molecule has 26 heavy (non-hydrogen) atoms. The van der Waals surface area contributed by atoms with Crippen molar-refractivity contribution in [3.8, 4) is 5.75 Å². The van der Waals surface area contributed by atoms with Crippen LogP contribution in [0.3, 0.4) is 0 Å². The molecule has 0 N–H and O–H groups in total. The van der Waals surface area contributed by atoms with Gasteiger partial charge in [0.15, 0.2) is 5.69 Å². The van der Waals surface area contributed by atoms with Crippen LogP contribution in [0.25, 0.3) is 5.65 Å². The first-order chi connectivity index (χ1) is 12.5. The van der Waals surface area contributed by atoms with Crippen molar-refractivity contribution in [2.75, 3.05) is 32.8 Å². The number of hydrogen-bond acceptors (Lipinski definition) is 5. The summed E-state index contributed by atoms with van der Waals surface area (Å²) in [6, 6.07) is 3.62. The first kappa shape index (κ1) is 18.6. The third-order valence-corrected chi connectivity index (χ3v) is 4.76. The van der Waals surface area contributed by atoms with E-state index in [1.807, 2.05) is 6.07 Å². The van der Waals surface area contributed by atoms with Crippen molar-refractivity contribution in [3.05, 3.63) is 30.2 Å². The van der Waals surface area contributed by atoms with Crippen molar-refractivity contribution in [2.45, 2.75) is 38.8 Å². The number of aromatic nitrogens is 2. The Bertz CT molecular complexity index is 750. The highest BCUT2D eigenvalue weighted by Gasteiger charge is 2.28. The van der Waals surface area contributed by atoms with Crippen molar-refractivity contribution in [1.29, 1.82) is 0 Å². The van der Waals surface area contributed by atoms with Crippen molar-refractivity contribution >= 4 is 11.6 Å². The van der Waals surface area contributed by atoms with Crippen LogP contribution in [-0.2, 0) is 4.74 Å². The molecular formula is C19H26FN3O3. The predicted molar refractivity (Wildman–Crippen MR) is 96.4 cm³/mol. The largest absolute Gasteiger partial charge is 0.493 e. The lowest BCUT2D eigenvalue weighted by atomic mass is 9.96. The molecule has 0 aromatic carbocycles. The summed E-state index contributed by atoms with van der Waals surface area (Å²) < 4.78 is 26.3. The van der Waals surface area contributed by atoms with Crippen LogP contribution in [-0.4, -0.2) is 58.8 Å². The average Bonchev–Trinajstić information content (AvgIpc) is 3.03. The molecule has 6 nitrogen and oxygen atoms in total. The second-order valence-corrected chi connectivity index (χ2v) is 6.91. The second-order valence-electron chi connectivity index (χ2n) is 6.91. The number of ether oxygens (including phenoxy) is 2. The summed E-state index contributed by atoms with van der Waals surface area (Å²) in [6.07, 6.45) is 5.36. The van der Waals surface area contributed by atoms with Crippen LogP contribution in [0.4, 0.5) is 4.39 Å². The van der Waals surface area contributed by atoms with Gasteiger partial charge in [0.2, 0.25) is 0 Å². The van der Waals surface area contributed by atoms with Crippen LogP contribution in [0.5, 0.6) is 5.75 Å². The number of halogens is 1. The Morgan fingerprint density at radius 3 is 2.88 bits per heavy atom. The van der Waals surface area contributed by atoms with Gasteiger partial charge in [-0.15, -0.1) is 0 Å². The number of hydrogen-bond donors (Lipinski definition) is 0. The summed E-state index contributed by atoms with van der Waals surface area (Å²) in [4.78, 5) is 18.4. The molecule has 0 bridgehead atoms. The minimum absolute atomic E-state index is 0.328. The van der Waals surface area contributed by atoms with Crippen molar-refractivity contribution < 1.29 is 18.7 Å². The molecule has 0 radical (unpaired) electrons. The molecule has 1 aliphatic rings. The number of esters is 1. The van der Waals surface area contributed by atoms with Gasteiger partial charge in [-0.2, -0.15) is 0 Å². The van der Waals surface area contributed by atoms with E-state index in [4.69, 9.17) is 9.47 Å². The van der Waals surface area contributed by atoms with Crippen LogP contribution >= 0.6 is 0 Å². The van der Waals surface area contributed by atoms with E-state index in [0.717, 1.165) is 26.1 Å². The van der Waals surface area contributed by atoms with Crippen molar-refractivity contribution in [1.82, 2.24) is 14.3 Å². The highest BCUT2D eigenvalue weighted by molar-refractivity contribution is 5.88. The zero-order chi connectivity index (χ0) is 18.6. The molecule has 0 saturated carbocycles. The van der Waals surface area contributed by atoms with Gasteiger partial charge in [-0.3, -0.25) is 4.40 Å². The molecule has 0 spiro atoms. The fraction of sp³-hybridized carbons (Fsp3) is 0.579. The van der Waals surface area contributed by atoms with Gasteiger partial charge in [0, 0.05) is 31.9 Å². The number of likely N-dealkylation sites (tertiary alicyclic amines) is 1. The van der Waals surface area contributed by atoms with Gasteiger partial charge in [-0.25, -0.2) is 14.2 Å². The monoisotopic (exact) mass is 363 g/mol. The molecule has 142 valence electrons. The van der Waals surface area contributed by atoms with Gasteiger partial charge in [0.1, 0.15) is 17.1 Å². The first-order valence-corrected chi connectivity index (χ1v) is 9.17. The Labute approximate surface area is 152 Å². The second kappa shape index (κ2) is 8.03. The summed E-state index contributed by atoms with van der Waals surface area (Å²) in [5.41, 5.74) is 0.0387. The third kappa shape index (κ3) is 4.52. The number of imidazole rings is 1. The Hall–Kier alpha value is -2.15. The lowest BCUT2D eigenvalue weighted by Crippen LogP contribution is -2.40. The molecule has 0 unspecified atom stereocenters. The zero-order valence-corrected chi connectivity index (χ0v) is 15.4. The number of piperidine rings is 1. The Morgan fingerprint density at radius 1 is 1.38 bits per heavy atom. The van der Waals surface area contributed by atoms with E-state index >= 15 is 0 Å². The van der Waals surface area contributed by atoms with E-state index in [0.29, 0.717) is 43.1 Å². The lowest BCUT2D eigenvalue weighted by Gasteiger charge is -2.34. The molecule has 0 aliphatic carbocycles. The summed E-state index contributed by atoms with van der Waals surface area (Å²) in [5, 5.41) is 0. The molecule has 0 atom stereocenters. The molecule has 2 aromatic heterocycles. The summed E-state index contributed by atoms with van der Waals surface area (Å²) >= 11 is 0. The Morgan fingerprint density at radius 2 is 2.15 bits per heavy atom. The van der Waals surface area contributed by atoms with Crippen LogP contribution in [0.2, 0.25) is 0 Å². The van der Waals surface area contributed by atoms with Crippen molar-refractivity contribution in [2.24, 2.45) is 0 Å². The molecule has 2 aromatic rings. The average molecular weight is 363 g/mol.